The number of anilines is 1. The minimum Gasteiger partial charge on any atom is -0.476 e. The summed E-state index contributed by atoms with van der Waals surface area (Å²) in [5.41, 5.74) is 1.85. The van der Waals surface area contributed by atoms with Crippen LogP contribution in [0.4, 0.5) is 10.1 Å². The van der Waals surface area contributed by atoms with E-state index in [0.717, 1.165) is 25.1 Å². The number of sulfonamides is 1. The number of rotatable bonds is 11. The zero-order valence-electron chi connectivity index (χ0n) is 16.5. The molecule has 1 aromatic heterocycles. The topological polar surface area (TPSA) is 80.3 Å². The monoisotopic (exact) mass is 409 g/mol. The zero-order chi connectivity index (χ0) is 20.6. The number of pyridine rings is 1. The van der Waals surface area contributed by atoms with Crippen LogP contribution in [0.3, 0.4) is 0 Å². The van der Waals surface area contributed by atoms with E-state index in [-0.39, 0.29) is 10.8 Å². The molecule has 0 aliphatic carbocycles. The highest BCUT2D eigenvalue weighted by molar-refractivity contribution is 7.92. The number of benzene rings is 1. The Bertz CT molecular complexity index is 857. The predicted molar refractivity (Wildman–Crippen MR) is 109 cm³/mol. The number of aromatic nitrogens is 1. The van der Waals surface area contributed by atoms with Gasteiger partial charge in [-0.25, -0.2) is 13.4 Å². The number of nitrogens with zero attached hydrogens (tertiary/aromatic N) is 1. The third kappa shape index (κ3) is 6.17. The smallest absolute Gasteiger partial charge is 0.261 e. The SMILES string of the molecule is CCCNCCOc1cc(C)c(NS(=O)(=O)c2ccc([C@@H](C)CF)cc2)cn1. The van der Waals surface area contributed by atoms with E-state index in [1.165, 1.54) is 18.3 Å². The van der Waals surface area contributed by atoms with Gasteiger partial charge in [0, 0.05) is 18.5 Å². The van der Waals surface area contributed by atoms with Crippen molar-refractivity contribution in [2.45, 2.75) is 38.0 Å². The Morgan fingerprint density at radius 1 is 1.21 bits per heavy atom. The number of nitrogens with one attached hydrogen (secondary N) is 2. The number of aryl methyl sites for hydroxylation is 1. The average molecular weight is 410 g/mol. The molecule has 1 heterocycles. The molecule has 0 aliphatic heterocycles. The quantitative estimate of drug-likeness (QED) is 0.554. The van der Waals surface area contributed by atoms with Crippen molar-refractivity contribution in [3.63, 3.8) is 0 Å². The molecule has 154 valence electrons. The van der Waals surface area contributed by atoms with Gasteiger partial charge in [-0.3, -0.25) is 9.11 Å². The van der Waals surface area contributed by atoms with E-state index in [9.17, 15) is 12.8 Å². The van der Waals surface area contributed by atoms with Gasteiger partial charge in [0.15, 0.2) is 0 Å². The van der Waals surface area contributed by atoms with Crippen LogP contribution in [0.25, 0.3) is 0 Å². The van der Waals surface area contributed by atoms with Crippen LogP contribution < -0.4 is 14.8 Å². The van der Waals surface area contributed by atoms with Crippen molar-refractivity contribution in [2.24, 2.45) is 0 Å². The first-order valence-corrected chi connectivity index (χ1v) is 10.8. The number of alkyl halides is 1. The molecule has 0 saturated heterocycles. The highest BCUT2D eigenvalue weighted by Gasteiger charge is 2.16. The van der Waals surface area contributed by atoms with Crippen LogP contribution in [0.5, 0.6) is 5.88 Å². The molecule has 2 rings (SSSR count). The summed E-state index contributed by atoms with van der Waals surface area (Å²) in [5.74, 6) is 0.184. The van der Waals surface area contributed by atoms with Gasteiger partial charge in [-0.2, -0.15) is 0 Å². The van der Waals surface area contributed by atoms with Crippen molar-refractivity contribution in [3.05, 3.63) is 47.7 Å². The lowest BCUT2D eigenvalue weighted by Crippen LogP contribution is -2.21. The molecule has 0 aliphatic rings. The highest BCUT2D eigenvalue weighted by atomic mass is 32.2. The van der Waals surface area contributed by atoms with Gasteiger partial charge in [0.1, 0.15) is 6.61 Å². The Morgan fingerprint density at radius 3 is 2.54 bits per heavy atom. The molecule has 0 radical (unpaired) electrons. The van der Waals surface area contributed by atoms with Crippen LogP contribution in [0.2, 0.25) is 0 Å². The molecule has 1 atom stereocenters. The van der Waals surface area contributed by atoms with Crippen LogP contribution in [0, 0.1) is 6.92 Å². The molecule has 0 bridgehead atoms. The van der Waals surface area contributed by atoms with Crippen molar-refractivity contribution in [1.82, 2.24) is 10.3 Å². The van der Waals surface area contributed by atoms with Crippen molar-refractivity contribution >= 4 is 15.7 Å². The molecule has 0 saturated carbocycles. The molecular weight excluding hydrogens is 381 g/mol. The van der Waals surface area contributed by atoms with E-state index < -0.39 is 16.7 Å². The maximum Gasteiger partial charge on any atom is 0.261 e. The lowest BCUT2D eigenvalue weighted by Gasteiger charge is -2.13. The first-order chi connectivity index (χ1) is 13.4. The van der Waals surface area contributed by atoms with Gasteiger partial charge < -0.3 is 10.1 Å². The third-order valence-electron chi connectivity index (χ3n) is 4.28. The van der Waals surface area contributed by atoms with E-state index in [0.29, 0.717) is 23.7 Å². The van der Waals surface area contributed by atoms with E-state index in [2.05, 4.69) is 21.9 Å². The van der Waals surface area contributed by atoms with Gasteiger partial charge >= 0.3 is 0 Å². The summed E-state index contributed by atoms with van der Waals surface area (Å²) in [6.07, 6.45) is 2.50. The Balaban J connectivity index is 2.03. The minimum absolute atomic E-state index is 0.115. The van der Waals surface area contributed by atoms with Gasteiger partial charge in [-0.05, 0) is 43.1 Å². The molecule has 0 spiro atoms. The lowest BCUT2D eigenvalue weighted by atomic mass is 10.0. The van der Waals surface area contributed by atoms with Crippen LogP contribution in [-0.2, 0) is 10.0 Å². The number of halogens is 1. The molecular formula is C20H28FN3O3S. The van der Waals surface area contributed by atoms with Gasteiger partial charge in [-0.1, -0.05) is 26.0 Å². The Kier molecular flexibility index (Phi) is 8.19. The Hall–Kier alpha value is -2.19. The summed E-state index contributed by atoms with van der Waals surface area (Å²) in [6.45, 7) is 7.29. The normalized spacial score (nSPS) is 12.6. The maximum absolute atomic E-state index is 12.8. The fourth-order valence-electron chi connectivity index (χ4n) is 2.51. The fraction of sp³-hybridized carbons (Fsp3) is 0.450. The van der Waals surface area contributed by atoms with Gasteiger partial charge in [0.2, 0.25) is 5.88 Å². The van der Waals surface area contributed by atoms with Crippen molar-refractivity contribution in [1.29, 1.82) is 0 Å². The fourth-order valence-corrected chi connectivity index (χ4v) is 3.63. The first kappa shape index (κ1) is 22.1. The largest absolute Gasteiger partial charge is 0.476 e. The summed E-state index contributed by atoms with van der Waals surface area (Å²) < 4.78 is 46.1. The molecule has 0 fully saturated rings. The van der Waals surface area contributed by atoms with Gasteiger partial charge in [0.25, 0.3) is 10.0 Å². The maximum atomic E-state index is 12.8. The molecule has 2 aromatic rings. The van der Waals surface area contributed by atoms with E-state index in [1.807, 2.05) is 0 Å². The van der Waals surface area contributed by atoms with Crippen LogP contribution in [0.1, 0.15) is 37.3 Å². The van der Waals surface area contributed by atoms with Crippen molar-refractivity contribution < 1.29 is 17.5 Å². The van der Waals surface area contributed by atoms with Gasteiger partial charge in [-0.15, -0.1) is 0 Å². The van der Waals surface area contributed by atoms with Crippen LogP contribution in [-0.4, -0.2) is 39.8 Å². The standard InChI is InChI=1S/C20H28FN3O3S/c1-4-9-22-10-11-27-20-12-15(2)19(14-23-20)24-28(25,26)18-7-5-17(6-8-18)16(3)13-21/h5-8,12,14,16,22,24H,4,9-11,13H2,1-3H3/t16-/m0/s1. The average Bonchev–Trinajstić information content (AvgIpc) is 2.69. The minimum atomic E-state index is -3.76. The Labute approximate surface area is 166 Å². The molecule has 2 N–H and O–H groups in total. The summed E-state index contributed by atoms with van der Waals surface area (Å²) in [5, 5.41) is 3.23. The zero-order valence-corrected chi connectivity index (χ0v) is 17.4. The molecule has 0 amide bonds. The van der Waals surface area contributed by atoms with Crippen molar-refractivity contribution in [3.8, 4) is 5.88 Å². The molecule has 6 nitrogen and oxygen atoms in total. The summed E-state index contributed by atoms with van der Waals surface area (Å²) in [4.78, 5) is 4.28. The predicted octanol–water partition coefficient (Wildman–Crippen LogP) is 3.64. The van der Waals surface area contributed by atoms with Crippen LogP contribution in [0.15, 0.2) is 41.4 Å². The molecule has 1 aromatic carbocycles. The van der Waals surface area contributed by atoms with Crippen LogP contribution >= 0.6 is 0 Å². The second kappa shape index (κ2) is 10.4. The van der Waals surface area contributed by atoms with E-state index in [1.54, 1.807) is 32.0 Å². The van der Waals surface area contributed by atoms with Gasteiger partial charge in [0.05, 0.1) is 23.5 Å². The second-order valence-corrected chi connectivity index (χ2v) is 8.35. The second-order valence-electron chi connectivity index (χ2n) is 6.67. The highest BCUT2D eigenvalue weighted by Crippen LogP contribution is 2.23. The molecule has 8 heteroatoms. The van der Waals surface area contributed by atoms with E-state index in [4.69, 9.17) is 4.74 Å². The molecule has 0 unspecified atom stereocenters. The first-order valence-electron chi connectivity index (χ1n) is 9.36. The summed E-state index contributed by atoms with van der Waals surface area (Å²) in [7, 11) is -3.76. The summed E-state index contributed by atoms with van der Waals surface area (Å²) >= 11 is 0. The number of hydrogen-bond acceptors (Lipinski definition) is 5. The molecule has 28 heavy (non-hydrogen) atoms. The number of ether oxygens (including phenoxy) is 1. The Morgan fingerprint density at radius 2 is 1.93 bits per heavy atom. The van der Waals surface area contributed by atoms with E-state index >= 15 is 0 Å². The third-order valence-corrected chi connectivity index (χ3v) is 5.66. The lowest BCUT2D eigenvalue weighted by molar-refractivity contribution is 0.302. The number of hydrogen-bond donors (Lipinski definition) is 2. The summed E-state index contributed by atoms with van der Waals surface area (Å²) in [6, 6.07) is 7.92. The van der Waals surface area contributed by atoms with Crippen molar-refractivity contribution in [2.75, 3.05) is 31.1 Å².